The SMILES string of the molecule is Cc1nc(CCC(=O)NCCOc2ccc(OCC(=O)N[C@H](C(=O)N3C[C@H](O)CC3C(=O)NCc3ccc(-c4scnc4C)cc3)C(C)(C)C)cc2)ccc1-c1cnc(NCc2c(F)ccc3c2CCO3)n2cnnc12. The molecule has 2 aliphatic rings. The summed E-state index contributed by atoms with van der Waals surface area (Å²) in [5.41, 5.74) is 8.90. The highest BCUT2D eigenvalue weighted by atomic mass is 32.1. The summed E-state index contributed by atoms with van der Waals surface area (Å²) in [5, 5.41) is 30.9. The summed E-state index contributed by atoms with van der Waals surface area (Å²) in [6.45, 7) is 10.3. The Morgan fingerprint density at radius 2 is 1.68 bits per heavy atom. The molecule has 0 aliphatic carbocycles. The van der Waals surface area contributed by atoms with Crippen molar-refractivity contribution in [3.63, 3.8) is 0 Å². The minimum absolute atomic E-state index is 0.0425. The number of hydrogen-bond acceptors (Lipinski definition) is 15. The topological polar surface area (TPSA) is 236 Å². The minimum Gasteiger partial charge on any atom is -0.493 e. The summed E-state index contributed by atoms with van der Waals surface area (Å²) < 4.78 is 33.7. The number of fused-ring (bicyclic) bond motifs is 2. The predicted octanol–water partition coefficient (Wildman–Crippen LogP) is 5.93. The number of nitrogens with zero attached hydrogens (tertiary/aromatic N) is 7. The number of carbonyl (C=O) groups excluding carboxylic acids is 4. The van der Waals surface area contributed by atoms with E-state index in [2.05, 4.69) is 41.4 Å². The summed E-state index contributed by atoms with van der Waals surface area (Å²) in [4.78, 5) is 69.7. The lowest BCUT2D eigenvalue weighted by Crippen LogP contribution is -2.58. The second-order valence-corrected chi connectivity index (χ2v) is 20.7. The zero-order valence-corrected chi connectivity index (χ0v) is 43.7. The second-order valence-electron chi connectivity index (χ2n) is 19.8. The molecule has 5 N–H and O–H groups in total. The van der Waals surface area contributed by atoms with Crippen LogP contribution in [0, 0.1) is 25.1 Å². The molecule has 1 fully saturated rings. The van der Waals surface area contributed by atoms with Crippen molar-refractivity contribution in [2.45, 2.75) is 91.6 Å². The lowest BCUT2D eigenvalue weighted by atomic mass is 9.85. The van der Waals surface area contributed by atoms with Crippen LogP contribution in [-0.4, -0.2) is 114 Å². The largest absolute Gasteiger partial charge is 0.493 e. The van der Waals surface area contributed by atoms with Gasteiger partial charge in [0.2, 0.25) is 23.7 Å². The Hall–Kier alpha value is -8.04. The molecule has 0 radical (unpaired) electrons. The van der Waals surface area contributed by atoms with Gasteiger partial charge in [-0.25, -0.2) is 14.4 Å². The fraction of sp³-hybridized carbons (Fsp3) is 0.364. The number of halogens is 1. The van der Waals surface area contributed by atoms with Crippen LogP contribution in [0.25, 0.3) is 27.2 Å². The summed E-state index contributed by atoms with van der Waals surface area (Å²) >= 11 is 1.56. The van der Waals surface area contributed by atoms with Crippen molar-refractivity contribution >= 4 is 46.6 Å². The van der Waals surface area contributed by atoms with Gasteiger partial charge in [0, 0.05) is 78.7 Å². The molecule has 21 heteroatoms. The molecule has 3 atom stereocenters. The van der Waals surface area contributed by atoms with Crippen LogP contribution < -0.4 is 35.5 Å². The van der Waals surface area contributed by atoms with Crippen molar-refractivity contribution in [1.82, 2.24) is 50.4 Å². The average molecular weight is 1050 g/mol. The maximum Gasteiger partial charge on any atom is 0.258 e. The van der Waals surface area contributed by atoms with Gasteiger partial charge in [-0.1, -0.05) is 51.1 Å². The van der Waals surface area contributed by atoms with Gasteiger partial charge in [0.1, 0.15) is 48.1 Å². The fourth-order valence-corrected chi connectivity index (χ4v) is 10.1. The zero-order chi connectivity index (χ0) is 53.5. The molecule has 4 amide bonds. The summed E-state index contributed by atoms with van der Waals surface area (Å²) in [7, 11) is 0. The van der Waals surface area contributed by atoms with Crippen LogP contribution >= 0.6 is 11.3 Å². The molecule has 1 saturated heterocycles. The van der Waals surface area contributed by atoms with Gasteiger partial charge in [-0.3, -0.25) is 28.6 Å². The molecule has 1 unspecified atom stereocenters. The van der Waals surface area contributed by atoms with Gasteiger partial charge in [-0.2, -0.15) is 0 Å². The molecule has 0 saturated carbocycles. The van der Waals surface area contributed by atoms with E-state index in [1.165, 1.54) is 11.0 Å². The number of hydrogen-bond donors (Lipinski definition) is 5. The number of rotatable bonds is 20. The van der Waals surface area contributed by atoms with Crippen molar-refractivity contribution < 1.29 is 42.9 Å². The molecule has 76 heavy (non-hydrogen) atoms. The maximum atomic E-state index is 14.8. The van der Waals surface area contributed by atoms with Crippen LogP contribution in [0.5, 0.6) is 17.2 Å². The molecule has 0 bridgehead atoms. The van der Waals surface area contributed by atoms with Gasteiger partial charge < -0.3 is 45.5 Å². The van der Waals surface area contributed by atoms with Crippen molar-refractivity contribution in [3.8, 4) is 38.8 Å². The lowest BCUT2D eigenvalue weighted by Gasteiger charge is -2.35. The van der Waals surface area contributed by atoms with E-state index in [0.29, 0.717) is 53.9 Å². The maximum absolute atomic E-state index is 14.8. The third-order valence-corrected chi connectivity index (χ3v) is 14.3. The van der Waals surface area contributed by atoms with Crippen molar-refractivity contribution in [2.75, 3.05) is 38.2 Å². The average Bonchev–Trinajstić information content (AvgIpc) is 4.26. The van der Waals surface area contributed by atoms with E-state index in [-0.39, 0.29) is 64.0 Å². The number of aryl methyl sites for hydroxylation is 3. The number of benzene rings is 3. The Kier molecular flexibility index (Phi) is 16.1. The molecule has 6 heterocycles. The van der Waals surface area contributed by atoms with Gasteiger partial charge in [0.05, 0.1) is 35.3 Å². The van der Waals surface area contributed by atoms with E-state index in [4.69, 9.17) is 19.2 Å². The number of nitrogens with one attached hydrogen (secondary N) is 4. The number of aliphatic hydroxyl groups excluding tert-OH is 1. The highest BCUT2D eigenvalue weighted by molar-refractivity contribution is 7.13. The quantitative estimate of drug-likeness (QED) is 0.0557. The number of likely N-dealkylation sites (tertiary alicyclic amines) is 1. The Bertz CT molecular complexity index is 3230. The molecule has 396 valence electrons. The van der Waals surface area contributed by atoms with Gasteiger partial charge in [-0.05, 0) is 79.3 Å². The standard InChI is InChI=1S/C55H60FN11O8S/c1-32-40(43-27-60-54(67-30-62-65-51(43)67)59-26-42-41-20-22-74-46(41)18-17-44(42)56)16-10-36(63-32)11-19-47(69)57-21-23-73-38-12-14-39(15-13-38)75-29-48(70)64-50(55(3,4)5)53(72)66-28-37(68)24-45(66)52(71)58-25-34-6-8-35(9-7-34)49-33(2)61-31-76-49/h6-10,12-18,27,30-31,37,45,50,68H,11,19-26,28-29H2,1-5H3,(H,57,69)(H,58,71)(H,59,60)(H,64,70)/t37-,45?,50-/m1/s1. The van der Waals surface area contributed by atoms with E-state index in [0.717, 1.165) is 49.8 Å². The summed E-state index contributed by atoms with van der Waals surface area (Å²) in [5.74, 6) is 0.219. The van der Waals surface area contributed by atoms with E-state index < -0.39 is 41.3 Å². The molecule has 7 aromatic rings. The smallest absolute Gasteiger partial charge is 0.258 e. The van der Waals surface area contributed by atoms with Crippen LogP contribution in [0.3, 0.4) is 0 Å². The van der Waals surface area contributed by atoms with Crippen molar-refractivity contribution in [1.29, 1.82) is 0 Å². The molecule has 3 aromatic carbocycles. The fourth-order valence-electron chi connectivity index (χ4n) is 9.30. The first-order valence-electron chi connectivity index (χ1n) is 25.1. The molecule has 0 spiro atoms. The van der Waals surface area contributed by atoms with E-state index in [1.54, 1.807) is 64.1 Å². The summed E-state index contributed by atoms with van der Waals surface area (Å²) in [6.07, 6.45) is 3.70. The van der Waals surface area contributed by atoms with Crippen LogP contribution in [0.2, 0.25) is 0 Å². The van der Waals surface area contributed by atoms with Crippen LogP contribution in [0.1, 0.15) is 67.4 Å². The number of pyridine rings is 1. The third-order valence-electron chi connectivity index (χ3n) is 13.3. The first-order valence-corrected chi connectivity index (χ1v) is 26.0. The first-order chi connectivity index (χ1) is 36.6. The lowest BCUT2D eigenvalue weighted by molar-refractivity contribution is -0.144. The number of aliphatic hydroxyl groups is 1. The van der Waals surface area contributed by atoms with Gasteiger partial charge in [-0.15, -0.1) is 21.5 Å². The van der Waals surface area contributed by atoms with Gasteiger partial charge >= 0.3 is 0 Å². The zero-order valence-electron chi connectivity index (χ0n) is 42.9. The Labute approximate surface area is 442 Å². The number of carbonyl (C=O) groups is 4. The molecular weight excluding hydrogens is 994 g/mol. The molecule has 19 nitrogen and oxygen atoms in total. The number of β-amino-alcohol motifs (C(OH)–C–C–N with tert-alkyl or cyclic N) is 1. The molecule has 9 rings (SSSR count). The third kappa shape index (κ3) is 12.4. The number of amides is 4. The normalized spacial score (nSPS) is 15.4. The number of ether oxygens (including phenoxy) is 3. The Balaban J connectivity index is 0.690. The van der Waals surface area contributed by atoms with Crippen LogP contribution in [0.4, 0.5) is 10.3 Å². The van der Waals surface area contributed by atoms with Crippen LogP contribution in [-0.2, 0) is 45.1 Å². The van der Waals surface area contributed by atoms with Crippen LogP contribution in [0.15, 0.2) is 90.8 Å². The monoisotopic (exact) mass is 1050 g/mol. The number of thiazole rings is 1. The van der Waals surface area contributed by atoms with Crippen molar-refractivity contribution in [3.05, 3.63) is 130 Å². The Morgan fingerprint density at radius 3 is 2.42 bits per heavy atom. The van der Waals surface area contributed by atoms with Gasteiger partial charge in [0.15, 0.2) is 12.3 Å². The molecule has 4 aromatic heterocycles. The van der Waals surface area contributed by atoms with E-state index in [1.807, 2.05) is 71.0 Å². The number of anilines is 1. The van der Waals surface area contributed by atoms with Gasteiger partial charge in [0.25, 0.3) is 5.91 Å². The highest BCUT2D eigenvalue weighted by Crippen LogP contribution is 2.33. The predicted molar refractivity (Wildman–Crippen MR) is 282 cm³/mol. The van der Waals surface area contributed by atoms with E-state index >= 15 is 0 Å². The highest BCUT2D eigenvalue weighted by Gasteiger charge is 2.44. The Morgan fingerprint density at radius 1 is 0.908 bits per heavy atom. The molecule has 2 aliphatic heterocycles. The minimum atomic E-state index is -1.01. The number of aromatic nitrogens is 6. The van der Waals surface area contributed by atoms with E-state index in [9.17, 15) is 28.7 Å². The molecular formula is C55H60FN11O8S. The van der Waals surface area contributed by atoms with Crippen molar-refractivity contribution in [2.24, 2.45) is 5.41 Å². The summed E-state index contributed by atoms with van der Waals surface area (Å²) in [6, 6.07) is 19.4. The first kappa shape index (κ1) is 52.8. The second kappa shape index (κ2) is 23.2.